The molecule has 3 nitrogen and oxygen atoms in total. The smallest absolute Gasteiger partial charge is 0.0721 e. The fourth-order valence-corrected chi connectivity index (χ4v) is 2.44. The Morgan fingerprint density at radius 1 is 1.39 bits per heavy atom. The van der Waals surface area contributed by atoms with Gasteiger partial charge in [-0.1, -0.05) is 25.1 Å². The van der Waals surface area contributed by atoms with Gasteiger partial charge >= 0.3 is 0 Å². The molecule has 0 bridgehead atoms. The van der Waals surface area contributed by atoms with Gasteiger partial charge in [0, 0.05) is 31.9 Å². The third kappa shape index (κ3) is 3.47. The van der Waals surface area contributed by atoms with Crippen LogP contribution in [0.1, 0.15) is 25.8 Å². The molecular formula is C15H24N2O. The summed E-state index contributed by atoms with van der Waals surface area (Å²) in [6, 6.07) is 8.69. The molecule has 0 radical (unpaired) electrons. The van der Waals surface area contributed by atoms with Gasteiger partial charge in [-0.15, -0.1) is 0 Å². The van der Waals surface area contributed by atoms with Crippen molar-refractivity contribution < 1.29 is 4.74 Å². The molecule has 1 N–H and O–H groups in total. The summed E-state index contributed by atoms with van der Waals surface area (Å²) in [5.74, 6) is 0. The Morgan fingerprint density at radius 3 is 3.06 bits per heavy atom. The number of hydrogen-bond acceptors (Lipinski definition) is 3. The Bertz CT molecular complexity index is 367. The molecule has 0 saturated carbocycles. The minimum Gasteiger partial charge on any atom is -0.377 e. The predicted octanol–water partition coefficient (Wildman–Crippen LogP) is 2.41. The molecule has 3 heteroatoms. The van der Waals surface area contributed by atoms with E-state index in [4.69, 9.17) is 4.74 Å². The average Bonchev–Trinajstić information content (AvgIpc) is 2.61. The SMILES string of the molecule is CCNCc1ccccc1N1CCCOC(C)C1. The molecule has 2 rings (SSSR count). The molecule has 0 amide bonds. The number of para-hydroxylation sites is 1. The first-order chi connectivity index (χ1) is 8.81. The summed E-state index contributed by atoms with van der Waals surface area (Å²) in [5.41, 5.74) is 2.74. The van der Waals surface area contributed by atoms with E-state index in [1.165, 1.54) is 11.3 Å². The van der Waals surface area contributed by atoms with Crippen LogP contribution in [0.5, 0.6) is 0 Å². The zero-order chi connectivity index (χ0) is 12.8. The fourth-order valence-electron chi connectivity index (χ4n) is 2.44. The van der Waals surface area contributed by atoms with Crippen molar-refractivity contribution in [3.63, 3.8) is 0 Å². The van der Waals surface area contributed by atoms with Gasteiger partial charge < -0.3 is 15.0 Å². The van der Waals surface area contributed by atoms with E-state index < -0.39 is 0 Å². The highest BCUT2D eigenvalue weighted by Gasteiger charge is 2.17. The molecule has 0 aromatic heterocycles. The lowest BCUT2D eigenvalue weighted by Gasteiger charge is -2.26. The van der Waals surface area contributed by atoms with Gasteiger partial charge in [-0.3, -0.25) is 0 Å². The zero-order valence-electron chi connectivity index (χ0n) is 11.5. The third-order valence-corrected chi connectivity index (χ3v) is 3.35. The molecule has 1 aliphatic rings. The van der Waals surface area contributed by atoms with Gasteiger partial charge in [0.15, 0.2) is 0 Å². The Labute approximate surface area is 110 Å². The van der Waals surface area contributed by atoms with Gasteiger partial charge in [-0.05, 0) is 31.5 Å². The van der Waals surface area contributed by atoms with Gasteiger partial charge in [-0.25, -0.2) is 0 Å². The van der Waals surface area contributed by atoms with E-state index in [1.54, 1.807) is 0 Å². The van der Waals surface area contributed by atoms with Crippen LogP contribution >= 0.6 is 0 Å². The molecule has 1 heterocycles. The zero-order valence-corrected chi connectivity index (χ0v) is 11.5. The number of hydrogen-bond donors (Lipinski definition) is 1. The molecule has 100 valence electrons. The normalized spacial score (nSPS) is 20.8. The molecule has 1 aliphatic heterocycles. The Balaban J connectivity index is 2.14. The van der Waals surface area contributed by atoms with E-state index in [1.807, 2.05) is 0 Å². The van der Waals surface area contributed by atoms with Crippen LogP contribution in [0.25, 0.3) is 0 Å². The lowest BCUT2D eigenvalue weighted by molar-refractivity contribution is 0.0821. The van der Waals surface area contributed by atoms with Crippen molar-refractivity contribution in [2.24, 2.45) is 0 Å². The highest BCUT2D eigenvalue weighted by atomic mass is 16.5. The Morgan fingerprint density at radius 2 is 2.22 bits per heavy atom. The number of nitrogens with zero attached hydrogens (tertiary/aromatic N) is 1. The van der Waals surface area contributed by atoms with E-state index >= 15 is 0 Å². The van der Waals surface area contributed by atoms with Crippen molar-refractivity contribution >= 4 is 5.69 Å². The van der Waals surface area contributed by atoms with E-state index in [-0.39, 0.29) is 0 Å². The third-order valence-electron chi connectivity index (χ3n) is 3.35. The summed E-state index contributed by atoms with van der Waals surface area (Å²) in [6.45, 7) is 9.21. The van der Waals surface area contributed by atoms with Crippen LogP contribution in [0, 0.1) is 0 Å². The fraction of sp³-hybridized carbons (Fsp3) is 0.600. The summed E-state index contributed by atoms with van der Waals surface area (Å²) in [5, 5.41) is 3.41. The van der Waals surface area contributed by atoms with Crippen LogP contribution in [0.3, 0.4) is 0 Å². The van der Waals surface area contributed by atoms with Gasteiger partial charge in [-0.2, -0.15) is 0 Å². The lowest BCUT2D eigenvalue weighted by Crippen LogP contribution is -2.31. The number of anilines is 1. The largest absolute Gasteiger partial charge is 0.377 e. The van der Waals surface area contributed by atoms with Crippen molar-refractivity contribution in [1.29, 1.82) is 0 Å². The molecule has 0 aliphatic carbocycles. The lowest BCUT2D eigenvalue weighted by atomic mass is 10.1. The highest BCUT2D eigenvalue weighted by Crippen LogP contribution is 2.22. The molecular weight excluding hydrogens is 224 g/mol. The Hall–Kier alpha value is -1.06. The second-order valence-electron chi connectivity index (χ2n) is 4.89. The van der Waals surface area contributed by atoms with Gasteiger partial charge in [0.25, 0.3) is 0 Å². The predicted molar refractivity (Wildman–Crippen MR) is 76.1 cm³/mol. The highest BCUT2D eigenvalue weighted by molar-refractivity contribution is 5.53. The maximum absolute atomic E-state index is 5.72. The van der Waals surface area contributed by atoms with Crippen LogP contribution in [-0.2, 0) is 11.3 Å². The van der Waals surface area contributed by atoms with E-state index in [0.29, 0.717) is 6.10 Å². The van der Waals surface area contributed by atoms with Crippen molar-refractivity contribution in [3.05, 3.63) is 29.8 Å². The maximum Gasteiger partial charge on any atom is 0.0721 e. The second kappa shape index (κ2) is 6.76. The summed E-state index contributed by atoms with van der Waals surface area (Å²) in [6.07, 6.45) is 1.43. The van der Waals surface area contributed by atoms with E-state index in [2.05, 4.69) is 48.3 Å². The molecule has 1 atom stereocenters. The average molecular weight is 248 g/mol. The van der Waals surface area contributed by atoms with E-state index in [0.717, 1.165) is 39.2 Å². The molecule has 1 fully saturated rings. The summed E-state index contributed by atoms with van der Waals surface area (Å²) < 4.78 is 5.72. The van der Waals surface area contributed by atoms with Crippen LogP contribution in [-0.4, -0.2) is 32.3 Å². The standard InChI is InChI=1S/C15H24N2O/c1-3-16-11-14-7-4-5-8-15(14)17-9-6-10-18-13(2)12-17/h4-5,7-8,13,16H,3,6,9-12H2,1-2H3. The molecule has 18 heavy (non-hydrogen) atoms. The number of benzene rings is 1. The number of ether oxygens (including phenoxy) is 1. The monoisotopic (exact) mass is 248 g/mol. The van der Waals surface area contributed by atoms with Crippen molar-refractivity contribution in [2.45, 2.75) is 32.9 Å². The van der Waals surface area contributed by atoms with Crippen LogP contribution in [0.2, 0.25) is 0 Å². The van der Waals surface area contributed by atoms with Crippen molar-refractivity contribution in [3.8, 4) is 0 Å². The van der Waals surface area contributed by atoms with Crippen LogP contribution in [0.15, 0.2) is 24.3 Å². The first-order valence-electron chi connectivity index (χ1n) is 6.96. The number of rotatable bonds is 4. The van der Waals surface area contributed by atoms with Gasteiger partial charge in [0.1, 0.15) is 0 Å². The summed E-state index contributed by atoms with van der Waals surface area (Å²) >= 11 is 0. The quantitative estimate of drug-likeness (QED) is 0.885. The number of nitrogens with one attached hydrogen (secondary N) is 1. The molecule has 1 aromatic carbocycles. The van der Waals surface area contributed by atoms with Gasteiger partial charge in [0.05, 0.1) is 6.10 Å². The van der Waals surface area contributed by atoms with Gasteiger partial charge in [0.2, 0.25) is 0 Å². The molecule has 1 unspecified atom stereocenters. The van der Waals surface area contributed by atoms with Crippen LogP contribution < -0.4 is 10.2 Å². The molecule has 0 spiro atoms. The van der Waals surface area contributed by atoms with Crippen molar-refractivity contribution in [1.82, 2.24) is 5.32 Å². The maximum atomic E-state index is 5.72. The first-order valence-corrected chi connectivity index (χ1v) is 6.96. The van der Waals surface area contributed by atoms with Crippen molar-refractivity contribution in [2.75, 3.05) is 31.1 Å². The molecule has 1 aromatic rings. The first kappa shape index (κ1) is 13.4. The summed E-state index contributed by atoms with van der Waals surface area (Å²) in [4.78, 5) is 2.46. The molecule has 1 saturated heterocycles. The van der Waals surface area contributed by atoms with Crippen LogP contribution in [0.4, 0.5) is 5.69 Å². The van der Waals surface area contributed by atoms with E-state index in [9.17, 15) is 0 Å². The Kier molecular flexibility index (Phi) is 5.02. The topological polar surface area (TPSA) is 24.5 Å². The second-order valence-corrected chi connectivity index (χ2v) is 4.89. The minimum atomic E-state index is 0.319. The minimum absolute atomic E-state index is 0.319. The summed E-state index contributed by atoms with van der Waals surface area (Å²) in [7, 11) is 0.